The van der Waals surface area contributed by atoms with Gasteiger partial charge in [-0.1, -0.05) is 18.2 Å². The molecule has 25 heavy (non-hydrogen) atoms. The van der Waals surface area contributed by atoms with Crippen LogP contribution in [-0.2, 0) is 10.3 Å². The lowest BCUT2D eigenvalue weighted by molar-refractivity contribution is 0.393. The van der Waals surface area contributed by atoms with Crippen LogP contribution in [0, 0.1) is 0 Å². The number of benzene rings is 2. The van der Waals surface area contributed by atoms with Crippen LogP contribution in [0.25, 0.3) is 22.1 Å². The molecule has 0 spiro atoms. The molecular weight excluding hydrogens is 348 g/mol. The van der Waals surface area contributed by atoms with Crippen molar-refractivity contribution in [2.45, 2.75) is 0 Å². The molecule has 1 heterocycles. The lowest BCUT2D eigenvalue weighted by atomic mass is 10.0. The summed E-state index contributed by atoms with van der Waals surface area (Å²) in [6, 6.07) is 10.9. The first-order valence-corrected chi connectivity index (χ1v) is 8.49. The number of fused-ring (bicyclic) bond motifs is 1. The van der Waals surface area contributed by atoms with Crippen LogP contribution < -0.4 is 25.2 Å². The van der Waals surface area contributed by atoms with Gasteiger partial charge in [0.1, 0.15) is 16.9 Å². The third-order valence-electron chi connectivity index (χ3n) is 3.48. The maximum Gasteiger partial charge on any atom is 0.382 e. The second-order valence-corrected chi connectivity index (χ2v) is 6.27. The first-order valence-electron chi connectivity index (χ1n) is 7.02. The number of para-hydroxylation sites is 1. The fraction of sp³-hybridized carbons (Fsp3) is 0.0625. The van der Waals surface area contributed by atoms with E-state index in [2.05, 4.69) is 4.18 Å². The molecule has 0 aliphatic rings. The van der Waals surface area contributed by atoms with Crippen LogP contribution in [0.4, 0.5) is 5.69 Å². The van der Waals surface area contributed by atoms with Gasteiger partial charge in [0.2, 0.25) is 5.43 Å². The summed E-state index contributed by atoms with van der Waals surface area (Å²) in [4.78, 5) is 12.9. The molecule has 130 valence electrons. The quantitative estimate of drug-likeness (QED) is 0.673. The van der Waals surface area contributed by atoms with Crippen molar-refractivity contribution in [1.82, 2.24) is 0 Å². The number of ether oxygens (including phenoxy) is 1. The Morgan fingerprint density at radius 2 is 1.84 bits per heavy atom. The summed E-state index contributed by atoms with van der Waals surface area (Å²) in [5.74, 6) is -0.126. The molecule has 0 bridgehead atoms. The number of methoxy groups -OCH3 is 1. The molecule has 0 aliphatic heterocycles. The number of nitrogens with two attached hydrogens (primary N) is 2. The van der Waals surface area contributed by atoms with Gasteiger partial charge in [-0.25, -0.2) is 0 Å². The van der Waals surface area contributed by atoms with Crippen LogP contribution in [0.15, 0.2) is 51.7 Å². The van der Waals surface area contributed by atoms with Gasteiger partial charge in [-0.15, -0.1) is 0 Å². The highest BCUT2D eigenvalue weighted by Crippen LogP contribution is 2.34. The predicted octanol–water partition coefficient (Wildman–Crippen LogP) is 1.63. The van der Waals surface area contributed by atoms with E-state index in [1.807, 2.05) is 0 Å². The first-order chi connectivity index (χ1) is 11.8. The van der Waals surface area contributed by atoms with Crippen LogP contribution in [0.1, 0.15) is 0 Å². The number of nitrogen functional groups attached to an aromatic ring is 1. The van der Waals surface area contributed by atoms with Crippen molar-refractivity contribution < 1.29 is 21.8 Å². The number of anilines is 1. The van der Waals surface area contributed by atoms with Gasteiger partial charge < -0.3 is 19.1 Å². The SMILES string of the molecule is COc1ccc(-c2c(OS(N)(=O)=O)oc3ccccc3c2=O)cc1N. The fourth-order valence-corrected chi connectivity index (χ4v) is 2.75. The maximum atomic E-state index is 12.9. The van der Waals surface area contributed by atoms with Crippen molar-refractivity contribution in [3.63, 3.8) is 0 Å². The van der Waals surface area contributed by atoms with E-state index >= 15 is 0 Å². The van der Waals surface area contributed by atoms with Crippen LogP contribution >= 0.6 is 0 Å². The zero-order chi connectivity index (χ0) is 18.2. The molecule has 0 aliphatic carbocycles. The minimum absolute atomic E-state index is 0.109. The molecule has 0 amide bonds. The summed E-state index contributed by atoms with van der Waals surface area (Å²) in [6.07, 6.45) is 0. The van der Waals surface area contributed by atoms with E-state index in [9.17, 15) is 13.2 Å². The third-order valence-corrected chi connectivity index (χ3v) is 3.86. The Kier molecular flexibility index (Phi) is 4.11. The van der Waals surface area contributed by atoms with E-state index < -0.39 is 21.7 Å². The maximum absolute atomic E-state index is 12.9. The van der Waals surface area contributed by atoms with Gasteiger partial charge in [0.05, 0.1) is 18.2 Å². The Morgan fingerprint density at radius 1 is 1.12 bits per heavy atom. The molecule has 3 rings (SSSR count). The minimum atomic E-state index is -4.40. The van der Waals surface area contributed by atoms with Crippen molar-refractivity contribution in [1.29, 1.82) is 0 Å². The van der Waals surface area contributed by atoms with Crippen LogP contribution in [0.5, 0.6) is 11.7 Å². The molecule has 0 atom stereocenters. The van der Waals surface area contributed by atoms with E-state index in [1.165, 1.54) is 25.3 Å². The molecule has 0 saturated carbocycles. The molecule has 0 radical (unpaired) electrons. The zero-order valence-electron chi connectivity index (χ0n) is 13.1. The van der Waals surface area contributed by atoms with Crippen molar-refractivity contribution in [3.05, 3.63) is 52.7 Å². The van der Waals surface area contributed by atoms with Crippen molar-refractivity contribution in [2.75, 3.05) is 12.8 Å². The normalized spacial score (nSPS) is 11.4. The molecule has 4 N–H and O–H groups in total. The highest BCUT2D eigenvalue weighted by molar-refractivity contribution is 7.84. The second-order valence-electron chi connectivity index (χ2n) is 5.12. The second kappa shape index (κ2) is 6.11. The van der Waals surface area contributed by atoms with E-state index in [0.717, 1.165) is 0 Å². The van der Waals surface area contributed by atoms with E-state index in [0.29, 0.717) is 11.3 Å². The molecule has 9 heteroatoms. The monoisotopic (exact) mass is 362 g/mol. The van der Waals surface area contributed by atoms with Gasteiger partial charge in [-0.05, 0) is 29.8 Å². The average Bonchev–Trinajstić information content (AvgIpc) is 2.53. The van der Waals surface area contributed by atoms with Crippen LogP contribution in [0.2, 0.25) is 0 Å². The minimum Gasteiger partial charge on any atom is -0.495 e. The Morgan fingerprint density at radius 3 is 2.48 bits per heavy atom. The standard InChI is InChI=1S/C16H14N2O6S/c1-22-13-7-6-9(8-11(13)17)14-15(19)10-4-2-3-5-12(10)23-16(14)24-25(18,20)21/h2-8H,17H2,1H3,(H2,18,20,21). The average molecular weight is 362 g/mol. The van der Waals surface area contributed by atoms with Gasteiger partial charge in [0.25, 0.3) is 0 Å². The smallest absolute Gasteiger partial charge is 0.382 e. The van der Waals surface area contributed by atoms with Gasteiger partial charge >= 0.3 is 16.3 Å². The number of rotatable bonds is 4. The van der Waals surface area contributed by atoms with Crippen LogP contribution in [0.3, 0.4) is 0 Å². The molecule has 0 unspecified atom stereocenters. The zero-order valence-corrected chi connectivity index (χ0v) is 13.9. The number of hydrogen-bond donors (Lipinski definition) is 2. The van der Waals surface area contributed by atoms with Crippen LogP contribution in [-0.4, -0.2) is 15.5 Å². The van der Waals surface area contributed by atoms with E-state index in [4.69, 9.17) is 20.0 Å². The highest BCUT2D eigenvalue weighted by atomic mass is 32.2. The predicted molar refractivity (Wildman–Crippen MR) is 92.6 cm³/mol. The molecular formula is C16H14N2O6S. The third kappa shape index (κ3) is 3.28. The summed E-state index contributed by atoms with van der Waals surface area (Å²) in [5, 5.41) is 5.19. The Balaban J connectivity index is 2.35. The van der Waals surface area contributed by atoms with Gasteiger partial charge in [0, 0.05) is 0 Å². The van der Waals surface area contributed by atoms with E-state index in [-0.39, 0.29) is 22.2 Å². The summed E-state index contributed by atoms with van der Waals surface area (Å²) < 4.78 is 37.9. The highest BCUT2D eigenvalue weighted by Gasteiger charge is 2.21. The summed E-state index contributed by atoms with van der Waals surface area (Å²) >= 11 is 0. The summed E-state index contributed by atoms with van der Waals surface area (Å²) in [6.45, 7) is 0. The topological polar surface area (TPSA) is 135 Å². The van der Waals surface area contributed by atoms with Crippen molar-refractivity contribution in [3.8, 4) is 22.8 Å². The van der Waals surface area contributed by atoms with Crippen molar-refractivity contribution >= 4 is 27.0 Å². The number of hydrogen-bond acceptors (Lipinski definition) is 7. The Labute approximate surface area is 142 Å². The molecule has 2 aromatic carbocycles. The summed E-state index contributed by atoms with van der Waals surface area (Å²) in [7, 11) is -2.95. The Hall–Kier alpha value is -3.04. The Bertz CT molecular complexity index is 1120. The van der Waals surface area contributed by atoms with E-state index in [1.54, 1.807) is 24.3 Å². The molecule has 8 nitrogen and oxygen atoms in total. The summed E-state index contributed by atoms with van der Waals surface area (Å²) in [5.41, 5.74) is 6.00. The fourth-order valence-electron chi connectivity index (χ4n) is 2.42. The van der Waals surface area contributed by atoms with Gasteiger partial charge in [0.15, 0.2) is 0 Å². The largest absolute Gasteiger partial charge is 0.495 e. The van der Waals surface area contributed by atoms with Gasteiger partial charge in [-0.2, -0.15) is 13.6 Å². The molecule has 0 fully saturated rings. The first kappa shape index (κ1) is 16.8. The molecule has 1 aromatic heterocycles. The van der Waals surface area contributed by atoms with Gasteiger partial charge in [-0.3, -0.25) is 4.79 Å². The molecule has 0 saturated heterocycles. The lowest BCUT2D eigenvalue weighted by Gasteiger charge is -2.11. The molecule has 3 aromatic rings. The van der Waals surface area contributed by atoms with Crippen molar-refractivity contribution in [2.24, 2.45) is 5.14 Å². The lowest BCUT2D eigenvalue weighted by Crippen LogP contribution is -2.21.